The summed E-state index contributed by atoms with van der Waals surface area (Å²) in [7, 11) is 0. The van der Waals surface area contributed by atoms with Crippen molar-refractivity contribution in [3.05, 3.63) is 40.6 Å². The Bertz CT molecular complexity index is 613. The first-order valence-electron chi connectivity index (χ1n) is 7.07. The van der Waals surface area contributed by atoms with Crippen LogP contribution in [0.4, 0.5) is 17.3 Å². The van der Waals surface area contributed by atoms with Crippen LogP contribution < -0.4 is 10.6 Å². The van der Waals surface area contributed by atoms with Crippen LogP contribution in [0.1, 0.15) is 26.0 Å². The molecule has 0 atom stereocenters. The third kappa shape index (κ3) is 4.18. The maximum absolute atomic E-state index is 11.3. The molecule has 2 aromatic rings. The number of furan rings is 1. The van der Waals surface area contributed by atoms with Crippen LogP contribution in [-0.2, 0) is 6.54 Å². The maximum atomic E-state index is 11.3. The summed E-state index contributed by atoms with van der Waals surface area (Å²) in [4.78, 5) is 18.8. The van der Waals surface area contributed by atoms with Crippen molar-refractivity contribution in [1.82, 2.24) is 9.97 Å². The second-order valence-electron chi connectivity index (χ2n) is 5.22. The molecule has 0 spiro atoms. The molecule has 0 bridgehead atoms. The molecule has 0 unspecified atom stereocenters. The summed E-state index contributed by atoms with van der Waals surface area (Å²) < 4.78 is 5.19. The van der Waals surface area contributed by atoms with Crippen LogP contribution in [0.2, 0.25) is 0 Å². The van der Waals surface area contributed by atoms with Crippen molar-refractivity contribution in [2.45, 2.75) is 26.8 Å². The first kappa shape index (κ1) is 15.7. The van der Waals surface area contributed by atoms with Crippen LogP contribution in [-0.4, -0.2) is 21.4 Å². The summed E-state index contributed by atoms with van der Waals surface area (Å²) in [6, 6.07) is 3.53. The summed E-state index contributed by atoms with van der Waals surface area (Å²) in [6.07, 6.45) is 3.75. The molecule has 8 nitrogen and oxygen atoms in total. The minimum Gasteiger partial charge on any atom is -0.467 e. The molecule has 0 aliphatic rings. The molecule has 0 aliphatic heterocycles. The number of hydrogen-bond acceptors (Lipinski definition) is 7. The molecule has 118 valence electrons. The minimum atomic E-state index is -0.484. The molecule has 2 aromatic heterocycles. The largest absolute Gasteiger partial charge is 0.467 e. The number of nitro groups is 1. The molecule has 0 saturated heterocycles. The Balaban J connectivity index is 2.12. The fourth-order valence-electron chi connectivity index (χ4n) is 1.87. The third-order valence-corrected chi connectivity index (χ3v) is 3.03. The van der Waals surface area contributed by atoms with E-state index in [-0.39, 0.29) is 17.3 Å². The van der Waals surface area contributed by atoms with Crippen LogP contribution in [0.15, 0.2) is 29.1 Å². The molecule has 2 rings (SSSR count). The molecule has 0 saturated carbocycles. The zero-order chi connectivity index (χ0) is 15.9. The van der Waals surface area contributed by atoms with E-state index in [1.54, 1.807) is 18.4 Å². The van der Waals surface area contributed by atoms with Gasteiger partial charge in [0.1, 0.15) is 12.1 Å². The van der Waals surface area contributed by atoms with Crippen molar-refractivity contribution in [3.63, 3.8) is 0 Å². The smallest absolute Gasteiger partial charge is 0.353 e. The lowest BCUT2D eigenvalue weighted by molar-refractivity contribution is -0.383. The molecule has 2 N–H and O–H groups in total. The maximum Gasteiger partial charge on any atom is 0.353 e. The van der Waals surface area contributed by atoms with Gasteiger partial charge in [-0.1, -0.05) is 13.8 Å². The summed E-state index contributed by atoms with van der Waals surface area (Å²) in [5, 5.41) is 17.2. The Kier molecular flexibility index (Phi) is 5.29. The van der Waals surface area contributed by atoms with E-state index in [1.165, 1.54) is 6.33 Å². The van der Waals surface area contributed by atoms with Crippen LogP contribution in [0.3, 0.4) is 0 Å². The Labute approximate surface area is 128 Å². The van der Waals surface area contributed by atoms with Gasteiger partial charge in [-0.3, -0.25) is 10.1 Å². The van der Waals surface area contributed by atoms with E-state index < -0.39 is 4.92 Å². The molecule has 22 heavy (non-hydrogen) atoms. The first-order valence-corrected chi connectivity index (χ1v) is 7.07. The van der Waals surface area contributed by atoms with Gasteiger partial charge >= 0.3 is 5.69 Å². The molecule has 0 radical (unpaired) electrons. The quantitative estimate of drug-likeness (QED) is 0.570. The molecule has 2 heterocycles. The SMILES string of the molecule is CC(C)CCNc1ncnc(NCc2ccco2)c1[N+](=O)[O-]. The van der Waals surface area contributed by atoms with E-state index in [2.05, 4.69) is 34.4 Å². The molecule has 0 amide bonds. The highest BCUT2D eigenvalue weighted by Gasteiger charge is 2.22. The Morgan fingerprint density at radius 3 is 2.64 bits per heavy atom. The molecule has 8 heteroatoms. The van der Waals surface area contributed by atoms with E-state index >= 15 is 0 Å². The van der Waals surface area contributed by atoms with Gasteiger partial charge in [0.05, 0.1) is 17.7 Å². The predicted octanol–water partition coefficient (Wildman–Crippen LogP) is 3.05. The highest BCUT2D eigenvalue weighted by atomic mass is 16.6. The normalized spacial score (nSPS) is 10.7. The molecular weight excluding hydrogens is 286 g/mol. The number of nitrogens with zero attached hydrogens (tertiary/aromatic N) is 3. The Hall–Kier alpha value is -2.64. The summed E-state index contributed by atoms with van der Waals surface area (Å²) in [5.74, 6) is 1.57. The van der Waals surface area contributed by atoms with Gasteiger partial charge in [-0.05, 0) is 24.5 Å². The lowest BCUT2D eigenvalue weighted by Gasteiger charge is -2.10. The van der Waals surface area contributed by atoms with Gasteiger partial charge < -0.3 is 15.1 Å². The summed E-state index contributed by atoms with van der Waals surface area (Å²) in [5.41, 5.74) is -0.155. The van der Waals surface area contributed by atoms with Gasteiger partial charge in [-0.2, -0.15) is 0 Å². The van der Waals surface area contributed by atoms with Gasteiger partial charge in [-0.15, -0.1) is 0 Å². The zero-order valence-electron chi connectivity index (χ0n) is 12.6. The number of hydrogen-bond donors (Lipinski definition) is 2. The fraction of sp³-hybridized carbons (Fsp3) is 0.429. The van der Waals surface area contributed by atoms with Crippen molar-refractivity contribution >= 4 is 17.3 Å². The van der Waals surface area contributed by atoms with Crippen molar-refractivity contribution in [2.75, 3.05) is 17.2 Å². The second-order valence-corrected chi connectivity index (χ2v) is 5.22. The Morgan fingerprint density at radius 1 is 1.32 bits per heavy atom. The highest BCUT2D eigenvalue weighted by Crippen LogP contribution is 2.29. The minimum absolute atomic E-state index is 0.155. The zero-order valence-corrected chi connectivity index (χ0v) is 12.6. The van der Waals surface area contributed by atoms with Crippen molar-refractivity contribution < 1.29 is 9.34 Å². The average Bonchev–Trinajstić information content (AvgIpc) is 2.97. The lowest BCUT2D eigenvalue weighted by Crippen LogP contribution is -2.11. The van der Waals surface area contributed by atoms with Crippen LogP contribution in [0, 0.1) is 16.0 Å². The van der Waals surface area contributed by atoms with E-state index in [0.29, 0.717) is 24.8 Å². The van der Waals surface area contributed by atoms with Gasteiger partial charge in [-0.25, -0.2) is 9.97 Å². The number of rotatable bonds is 8. The fourth-order valence-corrected chi connectivity index (χ4v) is 1.87. The van der Waals surface area contributed by atoms with Gasteiger partial charge in [0.15, 0.2) is 0 Å². The average molecular weight is 305 g/mol. The Morgan fingerprint density at radius 2 is 2.05 bits per heavy atom. The molecule has 0 aromatic carbocycles. The molecule has 0 fully saturated rings. The number of nitrogens with one attached hydrogen (secondary N) is 2. The van der Waals surface area contributed by atoms with Crippen molar-refractivity contribution in [1.29, 1.82) is 0 Å². The van der Waals surface area contributed by atoms with Crippen molar-refractivity contribution in [2.24, 2.45) is 5.92 Å². The van der Waals surface area contributed by atoms with Gasteiger partial charge in [0.25, 0.3) is 0 Å². The number of anilines is 2. The highest BCUT2D eigenvalue weighted by molar-refractivity contribution is 5.69. The third-order valence-electron chi connectivity index (χ3n) is 3.03. The standard InChI is InChI=1S/C14H19N5O3/c1-10(2)5-6-15-13-12(19(20)21)14(18-9-17-13)16-8-11-4-3-7-22-11/h3-4,7,9-10H,5-6,8H2,1-2H3,(H2,15,16,17,18). The van der Waals surface area contributed by atoms with Gasteiger partial charge in [0, 0.05) is 6.54 Å². The second kappa shape index (κ2) is 7.39. The first-order chi connectivity index (χ1) is 10.6. The van der Waals surface area contributed by atoms with E-state index in [1.807, 2.05) is 0 Å². The van der Waals surface area contributed by atoms with Crippen molar-refractivity contribution in [3.8, 4) is 0 Å². The van der Waals surface area contributed by atoms with Crippen LogP contribution in [0.25, 0.3) is 0 Å². The van der Waals surface area contributed by atoms with E-state index in [0.717, 1.165) is 6.42 Å². The van der Waals surface area contributed by atoms with E-state index in [9.17, 15) is 10.1 Å². The lowest BCUT2D eigenvalue weighted by atomic mass is 10.1. The summed E-state index contributed by atoms with van der Waals surface area (Å²) in [6.45, 7) is 5.11. The molecule has 0 aliphatic carbocycles. The monoisotopic (exact) mass is 305 g/mol. The van der Waals surface area contributed by atoms with Crippen LogP contribution in [0.5, 0.6) is 0 Å². The van der Waals surface area contributed by atoms with Crippen LogP contribution >= 0.6 is 0 Å². The topological polar surface area (TPSA) is 106 Å². The number of aromatic nitrogens is 2. The summed E-state index contributed by atoms with van der Waals surface area (Å²) >= 11 is 0. The predicted molar refractivity (Wildman–Crippen MR) is 82.7 cm³/mol. The van der Waals surface area contributed by atoms with Gasteiger partial charge in [0.2, 0.25) is 11.6 Å². The van der Waals surface area contributed by atoms with E-state index in [4.69, 9.17) is 4.42 Å². The molecular formula is C14H19N5O3.